The third kappa shape index (κ3) is 3.73. The molecule has 0 N–H and O–H groups in total. The minimum Gasteiger partial charge on any atom is -0.293 e. The first-order valence-corrected chi connectivity index (χ1v) is 2.67. The Morgan fingerprint density at radius 1 is 1.67 bits per heavy atom. The highest BCUT2D eigenvalue weighted by Gasteiger charge is 2.01. The molecule has 0 aromatic heterocycles. The Morgan fingerprint density at radius 3 is 2.56 bits per heavy atom. The Labute approximate surface area is 54.2 Å². The fourth-order valence-electron chi connectivity index (χ4n) is 0.184. The summed E-state index contributed by atoms with van der Waals surface area (Å²) in [5.74, 6) is -0.517. The van der Waals surface area contributed by atoms with E-state index in [9.17, 15) is 4.79 Å². The van der Waals surface area contributed by atoms with Crippen molar-refractivity contribution in [2.24, 2.45) is 0 Å². The second-order valence-corrected chi connectivity index (χ2v) is 1.56. The zero-order valence-corrected chi connectivity index (χ0v) is 5.64. The lowest BCUT2D eigenvalue weighted by molar-refractivity contribution is -0.265. The van der Waals surface area contributed by atoms with Crippen molar-refractivity contribution in [3.05, 3.63) is 12.2 Å². The molecule has 3 heteroatoms. The van der Waals surface area contributed by atoms with E-state index in [4.69, 9.17) is 0 Å². The summed E-state index contributed by atoms with van der Waals surface area (Å²) in [4.78, 5) is 19.0. The molecule has 0 saturated heterocycles. The SMILES string of the molecule is C=C(C)C(=O)OOCC. The molecule has 0 fully saturated rings. The quantitative estimate of drug-likeness (QED) is 0.325. The van der Waals surface area contributed by atoms with Crippen LogP contribution in [0.4, 0.5) is 0 Å². The van der Waals surface area contributed by atoms with Gasteiger partial charge < -0.3 is 0 Å². The zero-order chi connectivity index (χ0) is 7.28. The van der Waals surface area contributed by atoms with Crippen LogP contribution < -0.4 is 0 Å². The third-order valence-electron chi connectivity index (χ3n) is 0.601. The fourth-order valence-corrected chi connectivity index (χ4v) is 0.184. The van der Waals surface area contributed by atoms with Gasteiger partial charge in [0.2, 0.25) is 0 Å². The summed E-state index contributed by atoms with van der Waals surface area (Å²) < 4.78 is 0. The lowest BCUT2D eigenvalue weighted by Gasteiger charge is -1.97. The highest BCUT2D eigenvalue weighted by Crippen LogP contribution is 1.91. The van der Waals surface area contributed by atoms with Gasteiger partial charge >= 0.3 is 5.97 Å². The van der Waals surface area contributed by atoms with E-state index in [2.05, 4.69) is 16.4 Å². The Balaban J connectivity index is 3.39. The van der Waals surface area contributed by atoms with Crippen LogP contribution >= 0.6 is 0 Å². The predicted octanol–water partition coefficient (Wildman–Crippen LogP) is 1.06. The van der Waals surface area contributed by atoms with Crippen molar-refractivity contribution >= 4 is 5.97 Å². The van der Waals surface area contributed by atoms with Gasteiger partial charge in [0.25, 0.3) is 0 Å². The van der Waals surface area contributed by atoms with Crippen LogP contribution in [0.3, 0.4) is 0 Å². The molecule has 0 aliphatic carbocycles. The lowest BCUT2D eigenvalue weighted by atomic mass is 10.4. The first-order chi connectivity index (χ1) is 4.18. The molecule has 3 nitrogen and oxygen atoms in total. The van der Waals surface area contributed by atoms with Gasteiger partial charge in [0.15, 0.2) is 0 Å². The van der Waals surface area contributed by atoms with Crippen molar-refractivity contribution < 1.29 is 14.6 Å². The maximum Gasteiger partial charge on any atom is 0.368 e. The van der Waals surface area contributed by atoms with Crippen LogP contribution in [0.1, 0.15) is 13.8 Å². The summed E-state index contributed by atoms with van der Waals surface area (Å²) in [7, 11) is 0. The molecular weight excluding hydrogens is 120 g/mol. The topological polar surface area (TPSA) is 35.5 Å². The number of rotatable bonds is 3. The second kappa shape index (κ2) is 4.09. The summed E-state index contributed by atoms with van der Waals surface area (Å²) in [5, 5.41) is 0. The molecule has 9 heavy (non-hydrogen) atoms. The number of hydrogen-bond acceptors (Lipinski definition) is 3. The maximum absolute atomic E-state index is 10.5. The van der Waals surface area contributed by atoms with Crippen LogP contribution in [-0.2, 0) is 14.6 Å². The molecule has 0 aromatic rings. The highest BCUT2D eigenvalue weighted by molar-refractivity contribution is 5.86. The summed E-state index contributed by atoms with van der Waals surface area (Å²) in [6.45, 7) is 7.00. The largest absolute Gasteiger partial charge is 0.368 e. The van der Waals surface area contributed by atoms with Crippen molar-refractivity contribution in [3.63, 3.8) is 0 Å². The summed E-state index contributed by atoms with van der Waals surface area (Å²) >= 11 is 0. The molecule has 0 aliphatic heterocycles. The van der Waals surface area contributed by atoms with Crippen molar-refractivity contribution in [1.82, 2.24) is 0 Å². The van der Waals surface area contributed by atoms with E-state index in [0.29, 0.717) is 12.2 Å². The third-order valence-corrected chi connectivity index (χ3v) is 0.601. The van der Waals surface area contributed by atoms with E-state index in [-0.39, 0.29) is 0 Å². The molecule has 0 saturated carbocycles. The first kappa shape index (κ1) is 8.17. The van der Waals surface area contributed by atoms with Crippen molar-refractivity contribution in [2.75, 3.05) is 6.61 Å². The zero-order valence-electron chi connectivity index (χ0n) is 5.64. The molecule has 52 valence electrons. The van der Waals surface area contributed by atoms with Crippen LogP contribution in [-0.4, -0.2) is 12.6 Å². The van der Waals surface area contributed by atoms with Crippen molar-refractivity contribution in [2.45, 2.75) is 13.8 Å². The van der Waals surface area contributed by atoms with Gasteiger partial charge in [-0.25, -0.2) is 4.79 Å². The van der Waals surface area contributed by atoms with E-state index < -0.39 is 5.97 Å². The van der Waals surface area contributed by atoms with Gasteiger partial charge in [0.1, 0.15) is 0 Å². The molecule has 0 heterocycles. The van der Waals surface area contributed by atoms with Crippen LogP contribution in [0.2, 0.25) is 0 Å². The van der Waals surface area contributed by atoms with E-state index >= 15 is 0 Å². The molecule has 0 bridgehead atoms. The molecule has 0 spiro atoms. The Hall–Kier alpha value is -0.830. The molecule has 0 radical (unpaired) electrons. The van der Waals surface area contributed by atoms with Gasteiger partial charge in [-0.2, -0.15) is 4.89 Å². The van der Waals surface area contributed by atoms with Crippen LogP contribution in [0.25, 0.3) is 0 Å². The Kier molecular flexibility index (Phi) is 3.71. The number of hydrogen-bond donors (Lipinski definition) is 0. The number of carbonyl (C=O) groups excluding carboxylic acids is 1. The minimum atomic E-state index is -0.517. The number of carbonyl (C=O) groups is 1. The summed E-state index contributed by atoms with van der Waals surface area (Å²) in [6.07, 6.45) is 0. The van der Waals surface area contributed by atoms with Gasteiger partial charge in [0, 0.05) is 5.57 Å². The second-order valence-electron chi connectivity index (χ2n) is 1.56. The van der Waals surface area contributed by atoms with Gasteiger partial charge in [-0.3, -0.25) is 4.89 Å². The molecule has 0 amide bonds. The monoisotopic (exact) mass is 130 g/mol. The highest BCUT2D eigenvalue weighted by atomic mass is 17.2. The molecule has 0 aromatic carbocycles. The van der Waals surface area contributed by atoms with Gasteiger partial charge in [-0.15, -0.1) is 0 Å². The van der Waals surface area contributed by atoms with E-state index in [1.54, 1.807) is 13.8 Å². The van der Waals surface area contributed by atoms with E-state index in [0.717, 1.165) is 0 Å². The van der Waals surface area contributed by atoms with Crippen LogP contribution in [0.15, 0.2) is 12.2 Å². The predicted molar refractivity (Wildman–Crippen MR) is 32.5 cm³/mol. The Bertz CT molecular complexity index is 117. The fraction of sp³-hybridized carbons (Fsp3) is 0.500. The molecular formula is C6H10O3. The van der Waals surface area contributed by atoms with E-state index in [1.807, 2.05) is 0 Å². The average Bonchev–Trinajstić information content (AvgIpc) is 1.82. The smallest absolute Gasteiger partial charge is 0.293 e. The summed E-state index contributed by atoms with van der Waals surface area (Å²) in [6, 6.07) is 0. The molecule has 0 aliphatic rings. The first-order valence-electron chi connectivity index (χ1n) is 2.67. The van der Waals surface area contributed by atoms with Gasteiger partial charge in [0.05, 0.1) is 6.61 Å². The van der Waals surface area contributed by atoms with Gasteiger partial charge in [-0.05, 0) is 13.8 Å². The molecule has 0 rings (SSSR count). The van der Waals surface area contributed by atoms with Gasteiger partial charge in [-0.1, -0.05) is 6.58 Å². The van der Waals surface area contributed by atoms with E-state index in [1.165, 1.54) is 0 Å². The minimum absolute atomic E-state index is 0.337. The Morgan fingerprint density at radius 2 is 2.22 bits per heavy atom. The normalized spacial score (nSPS) is 8.67. The molecule has 0 atom stereocenters. The van der Waals surface area contributed by atoms with Crippen molar-refractivity contribution in [1.29, 1.82) is 0 Å². The summed E-state index contributed by atoms with van der Waals surface area (Å²) in [5.41, 5.74) is 0.337. The molecule has 0 unspecified atom stereocenters. The van der Waals surface area contributed by atoms with Crippen LogP contribution in [0, 0.1) is 0 Å². The lowest BCUT2D eigenvalue weighted by Crippen LogP contribution is -2.05. The standard InChI is InChI=1S/C6H10O3/c1-4-8-9-6(7)5(2)3/h2,4H2,1,3H3. The van der Waals surface area contributed by atoms with Crippen LogP contribution in [0.5, 0.6) is 0 Å². The average molecular weight is 130 g/mol. The maximum atomic E-state index is 10.5. The van der Waals surface area contributed by atoms with Crippen molar-refractivity contribution in [3.8, 4) is 0 Å².